The van der Waals surface area contributed by atoms with Gasteiger partial charge in [0, 0.05) is 12.5 Å². The van der Waals surface area contributed by atoms with E-state index in [1.807, 2.05) is 115 Å². The molecule has 0 radical (unpaired) electrons. The van der Waals surface area contributed by atoms with Crippen molar-refractivity contribution in [2.24, 2.45) is 0 Å². The van der Waals surface area contributed by atoms with Crippen LogP contribution in [0.4, 0.5) is 11.4 Å². The predicted octanol–water partition coefficient (Wildman–Crippen LogP) is 9.93. The largest absolute Gasteiger partial charge is 0.748 e. The second-order valence-electron chi connectivity index (χ2n) is 11.3. The summed E-state index contributed by atoms with van der Waals surface area (Å²) in [7, 11) is -11.5. The van der Waals surface area contributed by atoms with E-state index in [0.717, 1.165) is 35.6 Å². The second-order valence-corrected chi connectivity index (χ2v) is 20.9. The molecule has 0 aliphatic rings. The van der Waals surface area contributed by atoms with Crippen molar-refractivity contribution >= 4 is 86.5 Å². The summed E-state index contributed by atoms with van der Waals surface area (Å²) in [5, 5.41) is 0.194. The molecule has 0 bridgehead atoms. The summed E-state index contributed by atoms with van der Waals surface area (Å²) in [6.07, 6.45) is 2.90. The predicted molar refractivity (Wildman–Crippen MR) is 238 cm³/mol. The SMILES string of the molecule is CS(=O)(=O)Nc1ccccc1[S+](c1ccccc1)c1ccccc1.CS(=O)(=O)[N-]c1ccccc1[S+](c1ccccc1)c1ccccc1.CS(=O)(=O)[O-].ClCCl.[CH3-]. The monoisotopic (exact) mass is 905 g/mol. The van der Waals surface area contributed by atoms with E-state index >= 15 is 0 Å². The quantitative estimate of drug-likeness (QED) is 0.0622. The topological polar surface area (TPSA) is 152 Å². The van der Waals surface area contributed by atoms with E-state index in [-0.39, 0.29) is 23.7 Å². The van der Waals surface area contributed by atoms with Crippen LogP contribution >= 0.6 is 23.2 Å². The fraction of sp³-hybridized carbons (Fsp3) is 0.0976. The third kappa shape index (κ3) is 18.4. The maximum Gasteiger partial charge on any atom is 0.229 e. The van der Waals surface area contributed by atoms with E-state index in [0.29, 0.717) is 17.6 Å². The highest BCUT2D eigenvalue weighted by Gasteiger charge is 2.32. The molecule has 6 rings (SSSR count). The van der Waals surface area contributed by atoms with E-state index in [9.17, 15) is 16.8 Å². The number of alkyl halides is 2. The van der Waals surface area contributed by atoms with Gasteiger partial charge in [-0.25, -0.2) is 25.3 Å². The Bertz CT molecular complexity index is 2170. The molecule has 0 unspecified atom stereocenters. The van der Waals surface area contributed by atoms with Crippen molar-refractivity contribution in [3.63, 3.8) is 0 Å². The summed E-state index contributed by atoms with van der Waals surface area (Å²) in [5.74, 6) is 0. The lowest BCUT2D eigenvalue weighted by Crippen LogP contribution is -2.14. The van der Waals surface area contributed by atoms with E-state index in [1.165, 1.54) is 6.26 Å². The molecule has 0 saturated carbocycles. The number of sulfonamides is 2. The van der Waals surface area contributed by atoms with Crippen molar-refractivity contribution in [3.8, 4) is 0 Å². The zero-order chi connectivity index (χ0) is 41.2. The number of halogens is 2. The van der Waals surface area contributed by atoms with Crippen LogP contribution in [0.2, 0.25) is 0 Å². The number of benzene rings is 6. The van der Waals surface area contributed by atoms with Gasteiger partial charge in [0.25, 0.3) is 0 Å². The van der Waals surface area contributed by atoms with E-state index < -0.39 is 41.1 Å². The third-order valence-corrected chi connectivity index (χ3v) is 12.3. The van der Waals surface area contributed by atoms with E-state index in [4.69, 9.17) is 36.2 Å². The number of nitrogens with one attached hydrogen (secondary N) is 1. The highest BCUT2D eigenvalue weighted by atomic mass is 35.5. The lowest BCUT2D eigenvalue weighted by atomic mass is 10.3. The molecule has 57 heavy (non-hydrogen) atoms. The fourth-order valence-corrected chi connectivity index (χ4v) is 10.4. The van der Waals surface area contributed by atoms with Crippen LogP contribution in [0.1, 0.15) is 0 Å². The van der Waals surface area contributed by atoms with E-state index in [2.05, 4.69) is 58.0 Å². The van der Waals surface area contributed by atoms with Crippen molar-refractivity contribution < 1.29 is 29.8 Å². The van der Waals surface area contributed by atoms with Crippen LogP contribution in [0.3, 0.4) is 0 Å². The van der Waals surface area contributed by atoms with Crippen LogP contribution in [0.25, 0.3) is 4.72 Å². The molecule has 0 saturated heterocycles. The molecule has 0 spiro atoms. The van der Waals surface area contributed by atoms with Gasteiger partial charge in [-0.15, -0.1) is 23.2 Å². The van der Waals surface area contributed by atoms with Gasteiger partial charge in [-0.1, -0.05) is 109 Å². The van der Waals surface area contributed by atoms with Crippen LogP contribution in [0.15, 0.2) is 199 Å². The van der Waals surface area contributed by atoms with Crippen LogP contribution in [-0.4, -0.2) is 53.9 Å². The van der Waals surface area contributed by atoms with Gasteiger partial charge in [0.2, 0.25) is 10.0 Å². The Hall–Kier alpha value is -3.99. The average molecular weight is 907 g/mol. The van der Waals surface area contributed by atoms with Crippen LogP contribution in [0.5, 0.6) is 0 Å². The Morgan fingerprint density at radius 2 is 0.789 bits per heavy atom. The summed E-state index contributed by atoms with van der Waals surface area (Å²) in [6.45, 7) is 0. The number of para-hydroxylation sites is 1. The summed E-state index contributed by atoms with van der Waals surface area (Å²) in [6, 6.07) is 55.5. The highest BCUT2D eigenvalue weighted by molar-refractivity contribution is 7.98. The molecule has 0 aromatic heterocycles. The van der Waals surface area contributed by atoms with Crippen molar-refractivity contribution in [1.82, 2.24) is 0 Å². The molecule has 304 valence electrons. The van der Waals surface area contributed by atoms with Gasteiger partial charge in [0.15, 0.2) is 29.4 Å². The normalized spacial score (nSPS) is 10.9. The molecule has 6 aromatic carbocycles. The minimum atomic E-state index is -3.92. The molecular formula is C41H43Cl2N2O7S5-. The number of anilines is 1. The van der Waals surface area contributed by atoms with Gasteiger partial charge in [-0.05, 0) is 66.7 Å². The Balaban J connectivity index is 0.000000327. The van der Waals surface area contributed by atoms with Gasteiger partial charge in [-0.3, -0.25) is 4.72 Å². The van der Waals surface area contributed by atoms with Gasteiger partial charge in [-0.2, -0.15) is 0 Å². The Kier molecular flexibility index (Phi) is 20.7. The first-order valence-electron chi connectivity index (χ1n) is 16.3. The first-order valence-corrected chi connectivity index (χ1v) is 25.4. The molecule has 0 aliphatic carbocycles. The minimum absolute atomic E-state index is 0. The molecule has 0 amide bonds. The summed E-state index contributed by atoms with van der Waals surface area (Å²) >= 11 is 9.53. The van der Waals surface area contributed by atoms with E-state index in [1.54, 1.807) is 6.07 Å². The molecule has 6 aromatic rings. The molecule has 0 aliphatic heterocycles. The maximum atomic E-state index is 11.7. The Morgan fingerprint density at radius 1 is 0.509 bits per heavy atom. The smallest absolute Gasteiger partial charge is 0.229 e. The number of hydrogen-bond acceptors (Lipinski definition) is 7. The summed E-state index contributed by atoms with van der Waals surface area (Å²) in [4.78, 5) is 6.40. The van der Waals surface area contributed by atoms with Crippen LogP contribution in [-0.2, 0) is 52.0 Å². The molecule has 0 heterocycles. The van der Waals surface area contributed by atoms with Gasteiger partial charge >= 0.3 is 0 Å². The van der Waals surface area contributed by atoms with Crippen LogP contribution < -0.4 is 4.72 Å². The van der Waals surface area contributed by atoms with Crippen molar-refractivity contribution in [2.45, 2.75) is 29.4 Å². The Labute approximate surface area is 354 Å². The average Bonchev–Trinajstić information content (AvgIpc) is 3.14. The summed E-state index contributed by atoms with van der Waals surface area (Å²) in [5.41, 5.74) is 1.12. The zero-order valence-electron chi connectivity index (χ0n) is 31.5. The minimum Gasteiger partial charge on any atom is -0.748 e. The van der Waals surface area contributed by atoms with Crippen molar-refractivity contribution in [2.75, 3.05) is 28.8 Å². The highest BCUT2D eigenvalue weighted by Crippen LogP contribution is 2.39. The molecule has 9 nitrogen and oxygen atoms in total. The maximum absolute atomic E-state index is 11.7. The molecule has 0 atom stereocenters. The van der Waals surface area contributed by atoms with Gasteiger partial charge in [0.1, 0.15) is 16.6 Å². The van der Waals surface area contributed by atoms with Crippen LogP contribution in [0, 0.1) is 7.43 Å². The summed E-state index contributed by atoms with van der Waals surface area (Å²) < 4.78 is 80.7. The number of nitrogens with zero attached hydrogens (tertiary/aromatic N) is 1. The van der Waals surface area contributed by atoms with Gasteiger partial charge < -0.3 is 16.7 Å². The number of hydrogen-bond donors (Lipinski definition) is 1. The first kappa shape index (κ1) is 49.2. The molecular weight excluding hydrogens is 864 g/mol. The molecule has 0 fully saturated rings. The van der Waals surface area contributed by atoms with Gasteiger partial charge in [0.05, 0.1) is 42.6 Å². The fourth-order valence-electron chi connectivity index (χ4n) is 4.82. The third-order valence-electron chi connectivity index (χ3n) is 6.67. The second kappa shape index (κ2) is 24.1. The lowest BCUT2D eigenvalue weighted by Gasteiger charge is -2.21. The lowest BCUT2D eigenvalue weighted by molar-refractivity contribution is 0.470. The molecule has 16 heteroatoms. The van der Waals surface area contributed by atoms with Crippen molar-refractivity contribution in [3.05, 3.63) is 182 Å². The molecule has 1 N–H and O–H groups in total. The number of rotatable bonds is 10. The Morgan fingerprint density at radius 3 is 1.12 bits per heavy atom. The van der Waals surface area contributed by atoms with Crippen molar-refractivity contribution in [1.29, 1.82) is 0 Å². The zero-order valence-corrected chi connectivity index (χ0v) is 37.1. The standard InChI is InChI=1S/C19H18NO2S2.C19H17NO2S2.CH2Cl2.CH4O3S.CH3/c2*1-24(21,22)20-18-14-8-9-15-19(18)23(16-10-4-2-5-11-16)17-12-6-3-7-13-17;2-1-3;1-5(2,3)4;/h2-15,20H,1H3;2-15H,1H3;1H2;1H3,(H,2,3,4);1H3/q+1;;;;-1/p-1. The first-order chi connectivity index (χ1) is 26.5.